The zero-order valence-corrected chi connectivity index (χ0v) is 17.5. The molecular formula is C24H26N2O4. The van der Waals surface area contributed by atoms with Gasteiger partial charge in [-0.2, -0.15) is 0 Å². The molecule has 0 saturated carbocycles. The summed E-state index contributed by atoms with van der Waals surface area (Å²) in [6, 6.07) is 13.5. The van der Waals surface area contributed by atoms with Crippen molar-refractivity contribution in [2.45, 2.75) is 26.5 Å². The summed E-state index contributed by atoms with van der Waals surface area (Å²) in [7, 11) is 1.77. The maximum absolute atomic E-state index is 12.6. The molecule has 156 valence electrons. The van der Waals surface area contributed by atoms with Gasteiger partial charge in [0.05, 0.1) is 19.4 Å². The van der Waals surface area contributed by atoms with Crippen LogP contribution in [0, 0.1) is 13.8 Å². The molecule has 0 fully saturated rings. The monoisotopic (exact) mass is 406 g/mol. The Kier molecular flexibility index (Phi) is 5.65. The van der Waals surface area contributed by atoms with Crippen molar-refractivity contribution in [2.24, 2.45) is 0 Å². The van der Waals surface area contributed by atoms with Crippen molar-refractivity contribution >= 4 is 12.0 Å². The number of aryl methyl sites for hydroxylation is 1. The van der Waals surface area contributed by atoms with Crippen molar-refractivity contribution in [1.82, 2.24) is 9.47 Å². The Balaban J connectivity index is 1.38. The average Bonchev–Trinajstić information content (AvgIpc) is 3.35. The number of aromatic nitrogens is 1. The maximum atomic E-state index is 12.6. The maximum Gasteiger partial charge on any atom is 0.246 e. The van der Waals surface area contributed by atoms with E-state index < -0.39 is 0 Å². The summed E-state index contributed by atoms with van der Waals surface area (Å²) < 4.78 is 19.3. The van der Waals surface area contributed by atoms with Gasteiger partial charge in [-0.15, -0.1) is 0 Å². The summed E-state index contributed by atoms with van der Waals surface area (Å²) in [6.45, 7) is 5.65. The summed E-state index contributed by atoms with van der Waals surface area (Å²) in [4.78, 5) is 14.3. The third kappa shape index (κ3) is 4.27. The van der Waals surface area contributed by atoms with Crippen LogP contribution >= 0.6 is 0 Å². The number of fused-ring (bicyclic) bond motifs is 1. The Morgan fingerprint density at radius 1 is 1.20 bits per heavy atom. The van der Waals surface area contributed by atoms with E-state index >= 15 is 0 Å². The van der Waals surface area contributed by atoms with Gasteiger partial charge in [0.25, 0.3) is 0 Å². The SMILES string of the molecule is Cc1cc(/C=C/C(=O)N(C)C[C@@H]2COc3ccccc3O2)c(C)n1Cc1ccco1. The molecule has 30 heavy (non-hydrogen) atoms. The van der Waals surface area contributed by atoms with Crippen molar-refractivity contribution in [1.29, 1.82) is 0 Å². The van der Waals surface area contributed by atoms with E-state index in [0.29, 0.717) is 25.4 Å². The molecule has 6 heteroatoms. The lowest BCUT2D eigenvalue weighted by atomic mass is 10.2. The smallest absolute Gasteiger partial charge is 0.246 e. The van der Waals surface area contributed by atoms with Gasteiger partial charge in [0.2, 0.25) is 5.91 Å². The standard InChI is InChI=1S/C24H26N2O4/c1-17-13-19(18(2)26(17)15-20-7-6-12-28-20)10-11-24(27)25(3)14-21-16-29-22-8-4-5-9-23(22)30-21/h4-13,21H,14-16H2,1-3H3/b11-10+/t21-/m1/s1. The summed E-state index contributed by atoms with van der Waals surface area (Å²) in [5.74, 6) is 2.29. The molecule has 1 amide bonds. The molecule has 0 aliphatic carbocycles. The van der Waals surface area contributed by atoms with Crippen molar-refractivity contribution in [3.05, 3.63) is 77.5 Å². The molecule has 1 aliphatic rings. The highest BCUT2D eigenvalue weighted by Gasteiger charge is 2.23. The minimum atomic E-state index is -0.194. The third-order valence-corrected chi connectivity index (χ3v) is 5.33. The van der Waals surface area contributed by atoms with E-state index in [4.69, 9.17) is 13.9 Å². The summed E-state index contributed by atoms with van der Waals surface area (Å²) in [5.41, 5.74) is 3.24. The van der Waals surface area contributed by atoms with E-state index in [1.165, 1.54) is 0 Å². The minimum Gasteiger partial charge on any atom is -0.486 e. The van der Waals surface area contributed by atoms with Crippen molar-refractivity contribution in [3.8, 4) is 11.5 Å². The molecular weight excluding hydrogens is 380 g/mol. The van der Waals surface area contributed by atoms with Gasteiger partial charge in [-0.05, 0) is 55.8 Å². The molecule has 0 unspecified atom stereocenters. The summed E-state index contributed by atoms with van der Waals surface area (Å²) in [5, 5.41) is 0. The van der Waals surface area contributed by atoms with Crippen LogP contribution in [-0.4, -0.2) is 41.7 Å². The highest BCUT2D eigenvalue weighted by Crippen LogP contribution is 2.31. The van der Waals surface area contributed by atoms with Gasteiger partial charge in [-0.25, -0.2) is 0 Å². The van der Waals surface area contributed by atoms with Crippen LogP contribution < -0.4 is 9.47 Å². The fourth-order valence-corrected chi connectivity index (χ4v) is 3.63. The number of para-hydroxylation sites is 2. The van der Waals surface area contributed by atoms with Crippen LogP contribution in [0.5, 0.6) is 11.5 Å². The number of rotatable bonds is 6. The van der Waals surface area contributed by atoms with Crippen LogP contribution in [-0.2, 0) is 11.3 Å². The van der Waals surface area contributed by atoms with Crippen LogP contribution in [0.25, 0.3) is 6.08 Å². The van der Waals surface area contributed by atoms with E-state index in [1.807, 2.05) is 42.5 Å². The zero-order chi connectivity index (χ0) is 21.1. The Labute approximate surface area is 176 Å². The first-order chi connectivity index (χ1) is 14.5. The van der Waals surface area contributed by atoms with Crippen LogP contribution in [0.3, 0.4) is 0 Å². The topological polar surface area (TPSA) is 56.8 Å². The molecule has 1 atom stereocenters. The number of hydrogen-bond donors (Lipinski definition) is 0. The van der Waals surface area contributed by atoms with E-state index in [0.717, 1.165) is 28.5 Å². The number of furan rings is 1. The van der Waals surface area contributed by atoms with Crippen molar-refractivity contribution in [2.75, 3.05) is 20.2 Å². The molecule has 0 spiro atoms. The fourth-order valence-electron chi connectivity index (χ4n) is 3.63. The van der Waals surface area contributed by atoms with E-state index in [1.54, 1.807) is 24.3 Å². The molecule has 1 aromatic carbocycles. The van der Waals surface area contributed by atoms with Gasteiger partial charge >= 0.3 is 0 Å². The van der Waals surface area contributed by atoms with Crippen molar-refractivity contribution < 1.29 is 18.7 Å². The number of likely N-dealkylation sites (N-methyl/N-ethyl adjacent to an activating group) is 1. The van der Waals surface area contributed by atoms with Gasteiger partial charge in [-0.1, -0.05) is 12.1 Å². The van der Waals surface area contributed by atoms with Gasteiger partial charge in [0.1, 0.15) is 12.4 Å². The predicted octanol–water partition coefficient (Wildman–Crippen LogP) is 4.06. The number of ether oxygens (including phenoxy) is 2. The highest BCUT2D eigenvalue weighted by molar-refractivity contribution is 5.91. The number of benzene rings is 1. The summed E-state index contributed by atoms with van der Waals surface area (Å²) in [6.07, 6.45) is 4.96. The Bertz CT molecular complexity index is 1050. The summed E-state index contributed by atoms with van der Waals surface area (Å²) >= 11 is 0. The Hall–Kier alpha value is -3.41. The average molecular weight is 406 g/mol. The second-order valence-electron chi connectivity index (χ2n) is 7.54. The zero-order valence-electron chi connectivity index (χ0n) is 17.5. The number of carbonyl (C=O) groups excluding carboxylic acids is 1. The molecule has 1 aliphatic heterocycles. The van der Waals surface area contributed by atoms with E-state index in [2.05, 4.69) is 24.5 Å². The first-order valence-electron chi connectivity index (χ1n) is 10.0. The first-order valence-corrected chi connectivity index (χ1v) is 10.0. The second-order valence-corrected chi connectivity index (χ2v) is 7.54. The molecule has 3 aromatic rings. The molecule has 2 aromatic heterocycles. The Morgan fingerprint density at radius 3 is 2.77 bits per heavy atom. The predicted molar refractivity (Wildman–Crippen MR) is 115 cm³/mol. The third-order valence-electron chi connectivity index (χ3n) is 5.33. The highest BCUT2D eigenvalue weighted by atomic mass is 16.6. The van der Waals surface area contributed by atoms with Gasteiger partial charge < -0.3 is 23.4 Å². The number of amides is 1. The minimum absolute atomic E-state index is 0.0757. The van der Waals surface area contributed by atoms with Crippen LogP contribution in [0.1, 0.15) is 22.7 Å². The Morgan fingerprint density at radius 2 is 2.00 bits per heavy atom. The fraction of sp³-hybridized carbons (Fsp3) is 0.292. The van der Waals surface area contributed by atoms with E-state index in [-0.39, 0.29) is 12.0 Å². The van der Waals surface area contributed by atoms with Gasteiger partial charge in [-0.3, -0.25) is 4.79 Å². The van der Waals surface area contributed by atoms with Gasteiger partial charge in [0.15, 0.2) is 17.6 Å². The molecule has 0 saturated heterocycles. The normalized spacial score (nSPS) is 15.5. The first kappa shape index (κ1) is 19.9. The molecule has 0 N–H and O–H groups in total. The van der Waals surface area contributed by atoms with E-state index in [9.17, 15) is 4.79 Å². The lowest BCUT2D eigenvalue weighted by molar-refractivity contribution is -0.126. The number of carbonyl (C=O) groups is 1. The lowest BCUT2D eigenvalue weighted by Gasteiger charge is -2.29. The molecule has 0 radical (unpaired) electrons. The molecule has 0 bridgehead atoms. The van der Waals surface area contributed by atoms with Gasteiger partial charge in [0, 0.05) is 24.5 Å². The molecule has 4 rings (SSSR count). The number of hydrogen-bond acceptors (Lipinski definition) is 4. The van der Waals surface area contributed by atoms with Crippen LogP contribution in [0.4, 0.5) is 0 Å². The largest absolute Gasteiger partial charge is 0.486 e. The number of nitrogens with zero attached hydrogens (tertiary/aromatic N) is 2. The lowest BCUT2D eigenvalue weighted by Crippen LogP contribution is -2.41. The van der Waals surface area contributed by atoms with Crippen LogP contribution in [0.15, 0.2) is 59.2 Å². The second kappa shape index (κ2) is 8.53. The van der Waals surface area contributed by atoms with Crippen LogP contribution in [0.2, 0.25) is 0 Å². The molecule has 3 heterocycles. The van der Waals surface area contributed by atoms with Crippen molar-refractivity contribution in [3.63, 3.8) is 0 Å². The molecule has 6 nitrogen and oxygen atoms in total. The quantitative estimate of drug-likeness (QED) is 0.580.